The quantitative estimate of drug-likeness (QED) is 0.593. The van der Waals surface area contributed by atoms with Crippen molar-refractivity contribution in [2.45, 2.75) is 88.3 Å². The zero-order chi connectivity index (χ0) is 14.3. The lowest BCUT2D eigenvalue weighted by Gasteiger charge is -2.55. The van der Waals surface area contributed by atoms with Gasteiger partial charge in [0.1, 0.15) is 13.4 Å². The molecule has 6 atom stereocenters. The molecule has 0 N–H and O–H groups in total. The predicted octanol–water partition coefficient (Wildman–Crippen LogP) is 5.62. The van der Waals surface area contributed by atoms with Crippen LogP contribution in [-0.2, 0) is 0 Å². The van der Waals surface area contributed by atoms with Crippen molar-refractivity contribution in [3.63, 3.8) is 0 Å². The van der Waals surface area contributed by atoms with Crippen LogP contribution in [0.3, 0.4) is 0 Å². The van der Waals surface area contributed by atoms with Crippen molar-refractivity contribution in [2.75, 3.05) is 0 Å². The molecule has 8 bridgehead atoms. The third-order valence-electron chi connectivity index (χ3n) is 9.68. The van der Waals surface area contributed by atoms with Gasteiger partial charge in [-0.25, -0.2) is 0 Å². The van der Waals surface area contributed by atoms with E-state index in [1.165, 1.54) is 60.6 Å². The van der Waals surface area contributed by atoms with Crippen molar-refractivity contribution in [2.24, 2.45) is 35.5 Å². The van der Waals surface area contributed by atoms with Crippen LogP contribution in [-0.4, -0.2) is 13.4 Å². The molecule has 8 rings (SSSR count). The van der Waals surface area contributed by atoms with E-state index in [0.717, 1.165) is 0 Å². The molecule has 8 aliphatic rings. The Labute approximate surface area is 137 Å². The highest BCUT2D eigenvalue weighted by molar-refractivity contribution is 6.62. The average Bonchev–Trinajstić information content (AvgIpc) is 2.47. The van der Waals surface area contributed by atoms with Gasteiger partial charge in [0.05, 0.1) is 0 Å². The lowest BCUT2D eigenvalue weighted by Crippen LogP contribution is -2.49. The minimum absolute atomic E-state index is 1.17. The van der Waals surface area contributed by atoms with Crippen LogP contribution in [0.15, 0.2) is 0 Å². The van der Waals surface area contributed by atoms with Gasteiger partial charge in [-0.15, -0.1) is 0 Å². The third-order valence-corrected chi connectivity index (χ3v) is 9.68. The molecular weight excluding hydrogens is 262 g/mol. The zero-order valence-electron chi connectivity index (χ0n) is 14.3. The molecule has 6 unspecified atom stereocenters. The Balaban J connectivity index is 1.14. The van der Waals surface area contributed by atoms with Crippen molar-refractivity contribution >= 4 is 13.4 Å². The van der Waals surface area contributed by atoms with E-state index in [-0.39, 0.29) is 0 Å². The molecule has 6 heterocycles. The molecular formula is C20H32B2. The summed E-state index contributed by atoms with van der Waals surface area (Å²) in [6.45, 7) is 2.35. The van der Waals surface area contributed by atoms with E-state index < -0.39 is 0 Å². The van der Waals surface area contributed by atoms with Crippen molar-refractivity contribution in [1.29, 1.82) is 0 Å². The van der Waals surface area contributed by atoms with Crippen LogP contribution in [0.25, 0.3) is 0 Å². The Morgan fingerprint density at radius 1 is 0.500 bits per heavy atom. The smallest absolute Gasteiger partial charge is 0.0710 e. The van der Waals surface area contributed by atoms with E-state index >= 15 is 0 Å². The van der Waals surface area contributed by atoms with Gasteiger partial charge in [0, 0.05) is 0 Å². The normalized spacial score (nSPS) is 54.5. The highest BCUT2D eigenvalue weighted by Gasteiger charge is 2.52. The standard InChI is InChI=1S/C20H32B2/c1(19-17-5-13-3-14(6-17)10-21(19)9-13)2-20-18-7-15-4-16(8-18)12-22(20)11-15/h13-20H,1-12H2. The lowest BCUT2D eigenvalue weighted by atomic mass is 9.21. The van der Waals surface area contributed by atoms with Crippen LogP contribution < -0.4 is 0 Å². The van der Waals surface area contributed by atoms with Gasteiger partial charge in [0.15, 0.2) is 0 Å². The Morgan fingerprint density at radius 2 is 0.864 bits per heavy atom. The largest absolute Gasteiger partial charge is 0.143 e. The van der Waals surface area contributed by atoms with Crippen molar-refractivity contribution in [1.82, 2.24) is 0 Å². The number of rotatable bonds is 3. The Hall–Kier alpha value is 0.130. The molecule has 2 aliphatic carbocycles. The van der Waals surface area contributed by atoms with E-state index in [0.29, 0.717) is 0 Å². The molecule has 0 aromatic rings. The summed E-state index contributed by atoms with van der Waals surface area (Å²) in [5, 5.41) is 0. The lowest BCUT2D eigenvalue weighted by molar-refractivity contribution is 0.146. The topological polar surface area (TPSA) is 0 Å². The van der Waals surface area contributed by atoms with Crippen LogP contribution >= 0.6 is 0 Å². The monoisotopic (exact) mass is 294 g/mol. The van der Waals surface area contributed by atoms with Crippen molar-refractivity contribution in [3.05, 3.63) is 0 Å². The summed E-state index contributed by atoms with van der Waals surface area (Å²) in [5.41, 5.74) is 0. The molecule has 0 amide bonds. The molecule has 2 saturated carbocycles. The summed E-state index contributed by atoms with van der Waals surface area (Å²) in [7, 11) is 0. The van der Waals surface area contributed by atoms with Gasteiger partial charge in [-0.05, 0) is 74.0 Å². The predicted molar refractivity (Wildman–Crippen MR) is 96.1 cm³/mol. The maximum Gasteiger partial charge on any atom is 0.143 e. The Kier molecular flexibility index (Phi) is 2.94. The molecule has 0 aromatic heterocycles. The van der Waals surface area contributed by atoms with E-state index in [9.17, 15) is 0 Å². The molecule has 2 heteroatoms. The van der Waals surface area contributed by atoms with Crippen LogP contribution in [0.5, 0.6) is 0 Å². The summed E-state index contributed by atoms with van der Waals surface area (Å²) < 4.78 is 0. The first-order chi connectivity index (χ1) is 10.8. The van der Waals surface area contributed by atoms with Crippen LogP contribution in [0.2, 0.25) is 36.9 Å². The van der Waals surface area contributed by atoms with E-state index in [1.807, 2.05) is 0 Å². The van der Waals surface area contributed by atoms with Gasteiger partial charge in [0.25, 0.3) is 0 Å². The fraction of sp³-hybridized carbons (Fsp3) is 1.00. The first-order valence-corrected chi connectivity index (χ1v) is 10.8. The third kappa shape index (κ3) is 1.97. The van der Waals surface area contributed by atoms with E-state index in [1.54, 1.807) is 76.6 Å². The molecule has 0 radical (unpaired) electrons. The molecule has 8 fully saturated rings. The first-order valence-electron chi connectivity index (χ1n) is 10.8. The van der Waals surface area contributed by atoms with Gasteiger partial charge < -0.3 is 0 Å². The molecule has 22 heavy (non-hydrogen) atoms. The molecule has 6 saturated heterocycles. The second-order valence-electron chi connectivity index (χ2n) is 10.8. The minimum Gasteiger partial charge on any atom is -0.0710 e. The zero-order valence-corrected chi connectivity index (χ0v) is 14.3. The van der Waals surface area contributed by atoms with Crippen LogP contribution in [0.1, 0.15) is 51.4 Å². The molecule has 0 spiro atoms. The fourth-order valence-electron chi connectivity index (χ4n) is 9.40. The molecule has 0 aromatic carbocycles. The minimum atomic E-state index is 1.17. The second kappa shape index (κ2) is 4.82. The van der Waals surface area contributed by atoms with Crippen molar-refractivity contribution < 1.29 is 0 Å². The maximum absolute atomic E-state index is 1.64. The highest BCUT2D eigenvalue weighted by atomic mass is 14.5. The molecule has 6 aliphatic heterocycles. The van der Waals surface area contributed by atoms with Crippen LogP contribution in [0.4, 0.5) is 0 Å². The van der Waals surface area contributed by atoms with Crippen molar-refractivity contribution in [3.8, 4) is 0 Å². The second-order valence-corrected chi connectivity index (χ2v) is 10.8. The van der Waals surface area contributed by atoms with Gasteiger partial charge >= 0.3 is 0 Å². The summed E-state index contributed by atoms with van der Waals surface area (Å²) in [6.07, 6.45) is 19.6. The highest BCUT2D eigenvalue weighted by Crippen LogP contribution is 2.60. The first kappa shape index (κ1) is 13.4. The summed E-state index contributed by atoms with van der Waals surface area (Å²) in [6, 6.07) is 0. The number of hydrogen-bond donors (Lipinski definition) is 0. The van der Waals surface area contributed by atoms with Crippen LogP contribution in [0, 0.1) is 35.5 Å². The molecule has 0 nitrogen and oxygen atoms in total. The molecule has 118 valence electrons. The van der Waals surface area contributed by atoms with Gasteiger partial charge in [-0.1, -0.05) is 49.8 Å². The summed E-state index contributed by atoms with van der Waals surface area (Å²) in [5.74, 6) is 9.36. The Morgan fingerprint density at radius 3 is 1.18 bits per heavy atom. The SMILES string of the molecule is C1B2CC3CC1CC(C3)C2CCC1B2CC3CC(C2)CC1C3. The summed E-state index contributed by atoms with van der Waals surface area (Å²) in [4.78, 5) is 0. The van der Waals surface area contributed by atoms with Gasteiger partial charge in [0.2, 0.25) is 0 Å². The number of hydrogen-bond acceptors (Lipinski definition) is 0. The van der Waals surface area contributed by atoms with Gasteiger partial charge in [-0.2, -0.15) is 0 Å². The van der Waals surface area contributed by atoms with E-state index in [2.05, 4.69) is 0 Å². The average molecular weight is 294 g/mol. The fourth-order valence-corrected chi connectivity index (χ4v) is 9.40. The summed E-state index contributed by atoms with van der Waals surface area (Å²) >= 11 is 0. The maximum atomic E-state index is 1.64. The van der Waals surface area contributed by atoms with E-state index in [4.69, 9.17) is 0 Å². The van der Waals surface area contributed by atoms with Gasteiger partial charge in [-0.3, -0.25) is 0 Å². The Bertz CT molecular complexity index is 361.